The molecule has 1 aliphatic carbocycles. The van der Waals surface area contributed by atoms with Gasteiger partial charge in [-0.25, -0.2) is 0 Å². The minimum absolute atomic E-state index is 0.0117. The summed E-state index contributed by atoms with van der Waals surface area (Å²) in [5.74, 6) is -2.88. The lowest BCUT2D eigenvalue weighted by molar-refractivity contribution is -0.154. The van der Waals surface area contributed by atoms with Crippen LogP contribution in [0.5, 0.6) is 0 Å². The van der Waals surface area contributed by atoms with Gasteiger partial charge in [-0.1, -0.05) is 6.92 Å². The zero-order valence-corrected chi connectivity index (χ0v) is 11.5. The minimum atomic E-state index is -0.501. The van der Waals surface area contributed by atoms with E-state index in [4.69, 9.17) is 0 Å². The minimum Gasteiger partial charge on any atom is -0.469 e. The Bertz CT molecular complexity index is 443. The number of hydrogen-bond donors (Lipinski definition) is 0. The fourth-order valence-electron chi connectivity index (χ4n) is 3.42. The summed E-state index contributed by atoms with van der Waals surface area (Å²) in [4.78, 5) is 45.8. The molecule has 1 aliphatic heterocycles. The van der Waals surface area contributed by atoms with Crippen molar-refractivity contribution in [2.45, 2.75) is 26.2 Å². The summed E-state index contributed by atoms with van der Waals surface area (Å²) in [5, 5.41) is 0. The van der Waals surface area contributed by atoms with Gasteiger partial charge in [-0.15, -0.1) is 0 Å². The molecule has 0 N–H and O–H groups in total. The van der Waals surface area contributed by atoms with Gasteiger partial charge in [0.15, 0.2) is 0 Å². The first kappa shape index (κ1) is 14.7. The van der Waals surface area contributed by atoms with Crippen molar-refractivity contribution in [2.24, 2.45) is 29.6 Å². The van der Waals surface area contributed by atoms with Gasteiger partial charge in [0.05, 0.1) is 25.4 Å². The summed E-state index contributed by atoms with van der Waals surface area (Å²) in [6.45, 7) is 1.88. The molecule has 1 saturated heterocycles. The predicted octanol–water partition coefficient (Wildman–Crippen LogP) is 0.726. The highest BCUT2D eigenvalue weighted by Crippen LogP contribution is 2.45. The molecule has 0 aromatic carbocycles. The van der Waals surface area contributed by atoms with Gasteiger partial charge in [-0.2, -0.15) is 0 Å². The second kappa shape index (κ2) is 5.73. The van der Waals surface area contributed by atoms with Crippen molar-refractivity contribution in [3.63, 3.8) is 0 Å². The van der Waals surface area contributed by atoms with Crippen LogP contribution in [0, 0.1) is 29.6 Å². The first-order valence-corrected chi connectivity index (χ1v) is 6.75. The van der Waals surface area contributed by atoms with Crippen molar-refractivity contribution in [3.05, 3.63) is 0 Å². The SMILES string of the molecule is COC(=O)CC(C=O)C1CC(C)C2C(=O)OC(=O)C2C1. The predicted molar refractivity (Wildman–Crippen MR) is 66.2 cm³/mol. The van der Waals surface area contributed by atoms with E-state index >= 15 is 0 Å². The number of aldehydes is 1. The van der Waals surface area contributed by atoms with Crippen LogP contribution in [0.4, 0.5) is 0 Å². The van der Waals surface area contributed by atoms with Crippen LogP contribution in [-0.2, 0) is 28.7 Å². The Kier molecular flexibility index (Phi) is 4.20. The Morgan fingerprint density at radius 2 is 2.10 bits per heavy atom. The van der Waals surface area contributed by atoms with Gasteiger partial charge in [0.2, 0.25) is 0 Å². The second-order valence-electron chi connectivity index (χ2n) is 5.66. The summed E-state index contributed by atoms with van der Waals surface area (Å²) in [5.41, 5.74) is 0. The molecule has 0 radical (unpaired) electrons. The van der Waals surface area contributed by atoms with E-state index < -0.39 is 35.7 Å². The van der Waals surface area contributed by atoms with E-state index in [9.17, 15) is 19.2 Å². The standard InChI is InChI=1S/C14H18O6/c1-7-3-8(9(6-15)5-11(16)19-2)4-10-12(7)14(18)20-13(10)17/h6-10,12H,3-5H2,1-2H3. The van der Waals surface area contributed by atoms with Crippen molar-refractivity contribution < 1.29 is 28.7 Å². The molecule has 2 fully saturated rings. The van der Waals surface area contributed by atoms with Crippen LogP contribution >= 0.6 is 0 Å². The highest BCUT2D eigenvalue weighted by molar-refractivity contribution is 5.96. The summed E-state index contributed by atoms with van der Waals surface area (Å²) >= 11 is 0. The van der Waals surface area contributed by atoms with Gasteiger partial charge < -0.3 is 14.3 Å². The van der Waals surface area contributed by atoms with E-state index in [0.717, 1.165) is 6.29 Å². The third-order valence-corrected chi connectivity index (χ3v) is 4.46. The maximum Gasteiger partial charge on any atom is 0.317 e. The summed E-state index contributed by atoms with van der Waals surface area (Å²) < 4.78 is 9.27. The first-order valence-electron chi connectivity index (χ1n) is 6.75. The van der Waals surface area contributed by atoms with Crippen molar-refractivity contribution in [3.8, 4) is 0 Å². The zero-order valence-electron chi connectivity index (χ0n) is 11.5. The van der Waals surface area contributed by atoms with Gasteiger partial charge in [0, 0.05) is 5.92 Å². The molecular formula is C14H18O6. The number of carbonyl (C=O) groups is 4. The summed E-state index contributed by atoms with van der Waals surface area (Å²) in [6.07, 6.45) is 1.80. The third kappa shape index (κ3) is 2.59. The molecule has 5 unspecified atom stereocenters. The van der Waals surface area contributed by atoms with E-state index in [0.29, 0.717) is 12.8 Å². The third-order valence-electron chi connectivity index (χ3n) is 4.46. The average Bonchev–Trinajstić information content (AvgIpc) is 2.71. The maximum absolute atomic E-state index is 11.7. The molecule has 0 bridgehead atoms. The van der Waals surface area contributed by atoms with Crippen molar-refractivity contribution in [2.75, 3.05) is 7.11 Å². The van der Waals surface area contributed by atoms with Crippen LogP contribution in [0.3, 0.4) is 0 Å². The molecule has 1 saturated carbocycles. The Hall–Kier alpha value is -1.72. The van der Waals surface area contributed by atoms with Crippen LogP contribution in [0.25, 0.3) is 0 Å². The normalized spacial score (nSPS) is 34.1. The molecule has 2 aliphatic rings. The lowest BCUT2D eigenvalue weighted by Gasteiger charge is -2.35. The van der Waals surface area contributed by atoms with Crippen molar-refractivity contribution in [1.29, 1.82) is 0 Å². The van der Waals surface area contributed by atoms with E-state index in [1.54, 1.807) is 0 Å². The molecule has 0 aromatic rings. The van der Waals surface area contributed by atoms with Crippen molar-refractivity contribution in [1.82, 2.24) is 0 Å². The van der Waals surface area contributed by atoms with Crippen LogP contribution in [0.1, 0.15) is 26.2 Å². The Balaban J connectivity index is 2.11. The van der Waals surface area contributed by atoms with Gasteiger partial charge in [0.25, 0.3) is 0 Å². The van der Waals surface area contributed by atoms with E-state index in [-0.39, 0.29) is 18.3 Å². The smallest absolute Gasteiger partial charge is 0.317 e. The number of hydrogen-bond acceptors (Lipinski definition) is 6. The topological polar surface area (TPSA) is 86.7 Å². The van der Waals surface area contributed by atoms with Crippen LogP contribution in [0.15, 0.2) is 0 Å². The Labute approximate surface area is 116 Å². The van der Waals surface area contributed by atoms with E-state index in [1.807, 2.05) is 6.92 Å². The Morgan fingerprint density at radius 3 is 2.70 bits per heavy atom. The van der Waals surface area contributed by atoms with Gasteiger partial charge in [-0.3, -0.25) is 14.4 Å². The van der Waals surface area contributed by atoms with Crippen LogP contribution < -0.4 is 0 Å². The van der Waals surface area contributed by atoms with E-state index in [1.165, 1.54) is 7.11 Å². The fraction of sp³-hybridized carbons (Fsp3) is 0.714. The monoisotopic (exact) mass is 282 g/mol. The number of rotatable bonds is 4. The van der Waals surface area contributed by atoms with Gasteiger partial charge in [0.1, 0.15) is 6.29 Å². The largest absolute Gasteiger partial charge is 0.469 e. The highest BCUT2D eigenvalue weighted by Gasteiger charge is 2.52. The average molecular weight is 282 g/mol. The lowest BCUT2D eigenvalue weighted by atomic mass is 9.66. The van der Waals surface area contributed by atoms with Gasteiger partial charge in [-0.05, 0) is 24.7 Å². The highest BCUT2D eigenvalue weighted by atomic mass is 16.6. The second-order valence-corrected chi connectivity index (χ2v) is 5.66. The number of methoxy groups -OCH3 is 1. The summed E-state index contributed by atoms with van der Waals surface area (Å²) in [6, 6.07) is 0. The first-order chi connectivity index (χ1) is 9.47. The number of esters is 3. The number of fused-ring (bicyclic) bond motifs is 1. The van der Waals surface area contributed by atoms with Crippen LogP contribution in [0.2, 0.25) is 0 Å². The molecular weight excluding hydrogens is 264 g/mol. The lowest BCUT2D eigenvalue weighted by Crippen LogP contribution is -2.37. The molecule has 110 valence electrons. The molecule has 2 rings (SSSR count). The number of carbonyl (C=O) groups excluding carboxylic acids is 4. The van der Waals surface area contributed by atoms with Gasteiger partial charge >= 0.3 is 17.9 Å². The summed E-state index contributed by atoms with van der Waals surface area (Å²) in [7, 11) is 1.27. The van der Waals surface area contributed by atoms with Crippen LogP contribution in [-0.4, -0.2) is 31.3 Å². The zero-order chi connectivity index (χ0) is 14.9. The molecule has 5 atom stereocenters. The maximum atomic E-state index is 11.7. The quantitative estimate of drug-likeness (QED) is 0.429. The molecule has 6 nitrogen and oxygen atoms in total. The number of ether oxygens (including phenoxy) is 2. The molecule has 0 spiro atoms. The molecule has 0 amide bonds. The Morgan fingerprint density at radius 1 is 1.40 bits per heavy atom. The van der Waals surface area contributed by atoms with E-state index in [2.05, 4.69) is 9.47 Å². The van der Waals surface area contributed by atoms with Crippen molar-refractivity contribution >= 4 is 24.2 Å². The number of cyclic esters (lactones) is 2. The molecule has 6 heteroatoms. The molecule has 20 heavy (non-hydrogen) atoms. The molecule has 1 heterocycles. The fourth-order valence-corrected chi connectivity index (χ4v) is 3.42. The molecule has 0 aromatic heterocycles.